The normalized spacial score (nSPS) is 11.9. The fraction of sp³-hybridized carbons (Fsp3) is 0.188. The van der Waals surface area contributed by atoms with Gasteiger partial charge in [0, 0.05) is 53.5 Å². The summed E-state index contributed by atoms with van der Waals surface area (Å²) in [5.74, 6) is -0.0383. The van der Waals surface area contributed by atoms with Crippen LogP contribution in [0.4, 0.5) is 11.4 Å². The van der Waals surface area contributed by atoms with Crippen molar-refractivity contribution < 1.29 is 9.53 Å². The van der Waals surface area contributed by atoms with E-state index in [4.69, 9.17) is 16.3 Å². The largest absolute Gasteiger partial charge is 0.378 e. The van der Waals surface area contributed by atoms with Gasteiger partial charge in [-0.15, -0.1) is 11.3 Å². The second-order valence-corrected chi connectivity index (χ2v) is 10.9. The fourth-order valence-electron chi connectivity index (χ4n) is 4.63. The van der Waals surface area contributed by atoms with Crippen molar-refractivity contribution in [2.75, 3.05) is 30.5 Å². The topological polar surface area (TPSA) is 45.7 Å². The van der Waals surface area contributed by atoms with E-state index < -0.39 is 0 Å². The van der Waals surface area contributed by atoms with Crippen molar-refractivity contribution in [2.24, 2.45) is 0 Å². The molecule has 0 radical (unpaired) electrons. The molecule has 1 atom stereocenters. The van der Waals surface area contributed by atoms with E-state index in [0.29, 0.717) is 18.2 Å². The van der Waals surface area contributed by atoms with E-state index in [0.717, 1.165) is 38.2 Å². The molecule has 0 fully saturated rings. The summed E-state index contributed by atoms with van der Waals surface area (Å²) in [6.07, 6.45) is 3.82. The summed E-state index contributed by atoms with van der Waals surface area (Å²) >= 11 is 7.90. The summed E-state index contributed by atoms with van der Waals surface area (Å²) < 4.78 is 6.23. The summed E-state index contributed by atoms with van der Waals surface area (Å²) in [4.78, 5) is 23.5. The van der Waals surface area contributed by atoms with Crippen LogP contribution in [0, 0.1) is 0 Å². The predicted molar refractivity (Wildman–Crippen MR) is 162 cm³/mol. The molecule has 0 saturated heterocycles. The van der Waals surface area contributed by atoms with Gasteiger partial charge in [0.2, 0.25) is 5.91 Å². The maximum Gasteiger partial charge on any atom is 0.232 e. The number of pyridine rings is 1. The number of ether oxygens (including phenoxy) is 1. The number of carbonyl (C=O) groups excluding carboxylic acids is 1. The van der Waals surface area contributed by atoms with Crippen LogP contribution in [0.3, 0.4) is 0 Å². The standard InChI is InChI=1S/C32H30ClN3O2S/c1-35(2)27-12-14-28(15-13-27)36(32(37)16-25-19-34-18-24-10-6-7-11-29(24)25)30(31-17-26(33)22-39-31)21-38-20-23-8-4-3-5-9-23/h3-15,17-19,22,30H,16,20-21H2,1-2H3/t30-/m1/s1. The molecular formula is C32H30ClN3O2S. The van der Waals surface area contributed by atoms with E-state index in [9.17, 15) is 4.79 Å². The van der Waals surface area contributed by atoms with Crippen molar-refractivity contribution in [3.05, 3.63) is 124 Å². The first-order valence-corrected chi connectivity index (χ1v) is 14.0. The van der Waals surface area contributed by atoms with Gasteiger partial charge in [-0.1, -0.05) is 66.2 Å². The number of anilines is 2. The average Bonchev–Trinajstić information content (AvgIpc) is 3.39. The lowest BCUT2D eigenvalue weighted by Gasteiger charge is -2.32. The SMILES string of the molecule is CN(C)c1ccc(N(C(=O)Cc2cncc3ccccc23)[C@H](COCc2ccccc2)c2cc(Cl)cs2)cc1. The lowest BCUT2D eigenvalue weighted by Crippen LogP contribution is -2.38. The average molecular weight is 556 g/mol. The molecule has 2 heterocycles. The molecule has 0 aliphatic rings. The maximum atomic E-state index is 14.2. The molecule has 5 nitrogen and oxygen atoms in total. The van der Waals surface area contributed by atoms with Gasteiger partial charge in [0.15, 0.2) is 0 Å². The van der Waals surface area contributed by atoms with Crippen molar-refractivity contribution in [1.82, 2.24) is 4.98 Å². The zero-order valence-corrected chi connectivity index (χ0v) is 23.5. The number of hydrogen-bond donors (Lipinski definition) is 0. The highest BCUT2D eigenvalue weighted by Crippen LogP contribution is 2.35. The Labute approximate surface area is 238 Å². The summed E-state index contributed by atoms with van der Waals surface area (Å²) in [5, 5.41) is 4.59. The number of hydrogen-bond acceptors (Lipinski definition) is 5. The zero-order valence-electron chi connectivity index (χ0n) is 22.0. The highest BCUT2D eigenvalue weighted by molar-refractivity contribution is 7.10. The summed E-state index contributed by atoms with van der Waals surface area (Å²) in [6.45, 7) is 0.770. The predicted octanol–water partition coefficient (Wildman–Crippen LogP) is 7.55. The number of aromatic nitrogens is 1. The van der Waals surface area contributed by atoms with Gasteiger partial charge in [0.05, 0.1) is 30.7 Å². The van der Waals surface area contributed by atoms with Gasteiger partial charge in [-0.05, 0) is 46.8 Å². The Hall–Kier alpha value is -3.71. The van der Waals surface area contributed by atoms with Gasteiger partial charge in [-0.2, -0.15) is 0 Å². The number of halogens is 1. The van der Waals surface area contributed by atoms with Crippen molar-refractivity contribution in [1.29, 1.82) is 0 Å². The van der Waals surface area contributed by atoms with Crippen molar-refractivity contribution in [3.63, 3.8) is 0 Å². The van der Waals surface area contributed by atoms with Crippen LogP contribution < -0.4 is 9.80 Å². The van der Waals surface area contributed by atoms with Gasteiger partial charge in [-0.3, -0.25) is 9.78 Å². The first kappa shape index (κ1) is 26.9. The molecule has 39 heavy (non-hydrogen) atoms. The lowest BCUT2D eigenvalue weighted by atomic mass is 10.0. The Kier molecular flexibility index (Phi) is 8.57. The molecule has 5 rings (SSSR count). The van der Waals surface area contributed by atoms with Crippen molar-refractivity contribution in [3.8, 4) is 0 Å². The minimum atomic E-state index is -0.355. The number of rotatable bonds is 10. The fourth-order valence-corrected chi connectivity index (χ4v) is 5.78. The highest BCUT2D eigenvalue weighted by Gasteiger charge is 2.29. The smallest absolute Gasteiger partial charge is 0.232 e. The van der Waals surface area contributed by atoms with Crippen LogP contribution >= 0.6 is 22.9 Å². The highest BCUT2D eigenvalue weighted by atomic mass is 35.5. The van der Waals surface area contributed by atoms with Gasteiger partial charge in [0.25, 0.3) is 0 Å². The molecule has 0 saturated carbocycles. The quantitative estimate of drug-likeness (QED) is 0.178. The van der Waals surface area contributed by atoms with Crippen LogP contribution in [0.1, 0.15) is 22.0 Å². The number of fused-ring (bicyclic) bond motifs is 1. The molecule has 2 aromatic heterocycles. The number of nitrogens with zero attached hydrogens (tertiary/aromatic N) is 3. The van der Waals surface area contributed by atoms with Crippen molar-refractivity contribution >= 4 is 51.0 Å². The summed E-state index contributed by atoms with van der Waals surface area (Å²) in [7, 11) is 4.00. The van der Waals surface area contributed by atoms with Gasteiger partial charge >= 0.3 is 0 Å². The van der Waals surface area contributed by atoms with Crippen LogP contribution in [0.5, 0.6) is 0 Å². The monoisotopic (exact) mass is 555 g/mol. The third-order valence-corrected chi connectivity index (χ3v) is 8.00. The van der Waals surface area contributed by atoms with Crippen LogP contribution in [-0.2, 0) is 22.6 Å². The number of benzene rings is 3. The second-order valence-electron chi connectivity index (χ2n) is 9.55. The van der Waals surface area contributed by atoms with Gasteiger partial charge in [-0.25, -0.2) is 0 Å². The molecule has 0 unspecified atom stereocenters. The first-order valence-electron chi connectivity index (χ1n) is 12.8. The molecule has 0 aliphatic heterocycles. The van der Waals surface area contributed by atoms with Crippen LogP contribution in [0.15, 0.2) is 103 Å². The van der Waals surface area contributed by atoms with E-state index in [2.05, 4.69) is 4.98 Å². The number of carbonyl (C=O) groups is 1. The zero-order chi connectivity index (χ0) is 27.2. The number of thiophene rings is 1. The summed E-state index contributed by atoms with van der Waals surface area (Å²) in [5.41, 5.74) is 3.83. The van der Waals surface area contributed by atoms with Crippen LogP contribution in [0.25, 0.3) is 10.8 Å². The van der Waals surface area contributed by atoms with Crippen molar-refractivity contribution in [2.45, 2.75) is 19.1 Å². The van der Waals surface area contributed by atoms with Gasteiger partial charge in [0.1, 0.15) is 0 Å². The molecule has 198 valence electrons. The molecule has 7 heteroatoms. The van der Waals surface area contributed by atoms with E-state index in [1.54, 1.807) is 6.20 Å². The van der Waals surface area contributed by atoms with Gasteiger partial charge < -0.3 is 14.5 Å². The molecule has 0 aliphatic carbocycles. The van der Waals surface area contributed by atoms with E-state index >= 15 is 0 Å². The maximum absolute atomic E-state index is 14.2. The van der Waals surface area contributed by atoms with Crippen LogP contribution in [-0.4, -0.2) is 31.6 Å². The molecule has 5 aromatic rings. The molecule has 1 amide bonds. The molecule has 0 N–H and O–H groups in total. The molecular weight excluding hydrogens is 526 g/mol. The van der Waals surface area contributed by atoms with E-state index in [1.807, 2.05) is 120 Å². The minimum absolute atomic E-state index is 0.0383. The Bertz CT molecular complexity index is 1530. The Morgan fingerprint density at radius 1 is 0.949 bits per heavy atom. The Morgan fingerprint density at radius 3 is 2.38 bits per heavy atom. The van der Waals surface area contributed by atoms with E-state index in [-0.39, 0.29) is 18.4 Å². The molecule has 0 spiro atoms. The third-order valence-electron chi connectivity index (χ3n) is 6.62. The first-order chi connectivity index (χ1) is 19.0. The Morgan fingerprint density at radius 2 is 1.67 bits per heavy atom. The Balaban J connectivity index is 1.51. The van der Waals surface area contributed by atoms with Crippen LogP contribution in [0.2, 0.25) is 5.02 Å². The minimum Gasteiger partial charge on any atom is -0.378 e. The van der Waals surface area contributed by atoms with E-state index in [1.165, 1.54) is 11.3 Å². The third kappa shape index (κ3) is 6.48. The molecule has 3 aromatic carbocycles. The summed E-state index contributed by atoms with van der Waals surface area (Å²) in [6, 6.07) is 27.7. The lowest BCUT2D eigenvalue weighted by molar-refractivity contribution is -0.118. The number of amides is 1. The molecule has 0 bridgehead atoms. The second kappa shape index (κ2) is 12.4.